The first-order valence-corrected chi connectivity index (χ1v) is 12.4. The third kappa shape index (κ3) is 4.05. The van der Waals surface area contributed by atoms with Crippen molar-refractivity contribution in [2.45, 2.75) is 26.8 Å². The van der Waals surface area contributed by atoms with Gasteiger partial charge in [0.25, 0.3) is 5.56 Å². The van der Waals surface area contributed by atoms with Crippen LogP contribution in [0.4, 0.5) is 0 Å². The summed E-state index contributed by atoms with van der Waals surface area (Å²) in [6.07, 6.45) is 1.79. The van der Waals surface area contributed by atoms with Gasteiger partial charge in [-0.3, -0.25) is 9.36 Å². The van der Waals surface area contributed by atoms with E-state index in [9.17, 15) is 9.59 Å². The highest BCUT2D eigenvalue weighted by Crippen LogP contribution is 2.38. The summed E-state index contributed by atoms with van der Waals surface area (Å²) in [4.78, 5) is 31.8. The lowest BCUT2D eigenvalue weighted by Crippen LogP contribution is -2.40. The lowest BCUT2D eigenvalue weighted by atomic mass is 9.96. The van der Waals surface area contributed by atoms with Gasteiger partial charge >= 0.3 is 5.97 Å². The summed E-state index contributed by atoms with van der Waals surface area (Å²) in [7, 11) is 0. The normalized spacial score (nSPS) is 16.8. The zero-order valence-corrected chi connectivity index (χ0v) is 21.4. The number of benzene rings is 2. The molecule has 10 heteroatoms. The molecule has 0 bridgehead atoms. The van der Waals surface area contributed by atoms with Crippen LogP contribution in [-0.2, 0) is 9.53 Å². The Morgan fingerprint density at radius 1 is 1.26 bits per heavy atom. The highest BCUT2D eigenvalue weighted by molar-refractivity contribution is 7.07. The van der Waals surface area contributed by atoms with Crippen molar-refractivity contribution in [3.8, 4) is 11.5 Å². The second-order valence-corrected chi connectivity index (χ2v) is 9.80. The summed E-state index contributed by atoms with van der Waals surface area (Å²) in [5, 5.41) is 0.581. The van der Waals surface area contributed by atoms with Crippen molar-refractivity contribution in [1.29, 1.82) is 0 Å². The first-order chi connectivity index (χ1) is 16.8. The van der Waals surface area contributed by atoms with Crippen molar-refractivity contribution in [2.75, 3.05) is 13.4 Å². The number of nitrogens with zero attached hydrogens (tertiary/aromatic N) is 2. The molecule has 1 atom stereocenters. The molecular weight excluding hydrogens is 511 g/mol. The predicted octanol–water partition coefficient (Wildman–Crippen LogP) is 4.14. The Labute approximate surface area is 214 Å². The first kappa shape index (κ1) is 23.7. The van der Waals surface area contributed by atoms with Gasteiger partial charge in [0.2, 0.25) is 6.79 Å². The van der Waals surface area contributed by atoms with E-state index in [4.69, 9.17) is 37.4 Å². The zero-order valence-electron chi connectivity index (χ0n) is 19.1. The van der Waals surface area contributed by atoms with E-state index in [0.29, 0.717) is 37.1 Å². The molecule has 3 aromatic rings. The van der Waals surface area contributed by atoms with Gasteiger partial charge in [0.1, 0.15) is 6.04 Å². The molecule has 1 aromatic heterocycles. The summed E-state index contributed by atoms with van der Waals surface area (Å²) >= 11 is 14.1. The van der Waals surface area contributed by atoms with Crippen LogP contribution in [-0.4, -0.2) is 23.9 Å². The average molecular weight is 531 g/mol. The third-order valence-electron chi connectivity index (χ3n) is 5.84. The molecule has 0 radical (unpaired) electrons. The number of carbonyl (C=O) groups is 1. The van der Waals surface area contributed by atoms with E-state index in [-0.39, 0.29) is 29.6 Å². The average Bonchev–Trinajstić information content (AvgIpc) is 3.39. The molecule has 2 aliphatic heterocycles. The number of allylic oxidation sites excluding steroid dienone is 1. The molecular formula is C25H20Cl2N2O5S. The van der Waals surface area contributed by atoms with Crippen LogP contribution in [0, 0.1) is 6.92 Å². The fourth-order valence-electron chi connectivity index (χ4n) is 4.17. The molecule has 0 saturated carbocycles. The lowest BCUT2D eigenvalue weighted by Gasteiger charge is -2.25. The maximum atomic E-state index is 13.8. The highest BCUT2D eigenvalue weighted by atomic mass is 35.5. The summed E-state index contributed by atoms with van der Waals surface area (Å²) in [6, 6.07) is 8.01. The molecule has 3 heterocycles. The molecule has 5 rings (SSSR count). The standard InChI is InChI=1S/C25H20Cl2N2O5S/c1-4-32-24(31)20-13(3)28-25-29(22(20)15-6-5-7-16(26)21(15)27)23(30)19(35-25)10-14-9-18-17(8-12(14)2)33-11-34-18/h5-10,22H,4,11H2,1-3H3/b19-10-/t22-/m1/s1. The number of ether oxygens (including phenoxy) is 3. The highest BCUT2D eigenvalue weighted by Gasteiger charge is 2.35. The smallest absolute Gasteiger partial charge is 0.338 e. The van der Waals surface area contributed by atoms with Gasteiger partial charge in [0, 0.05) is 5.56 Å². The molecule has 0 unspecified atom stereocenters. The van der Waals surface area contributed by atoms with Crippen molar-refractivity contribution in [1.82, 2.24) is 4.57 Å². The minimum absolute atomic E-state index is 0.163. The number of aryl methyl sites for hydroxylation is 1. The van der Waals surface area contributed by atoms with Crippen molar-refractivity contribution in [3.05, 3.63) is 88.0 Å². The number of esters is 1. The molecule has 0 amide bonds. The number of hydrogen-bond acceptors (Lipinski definition) is 7. The molecule has 0 N–H and O–H groups in total. The Morgan fingerprint density at radius 3 is 2.74 bits per heavy atom. The number of fused-ring (bicyclic) bond motifs is 2. The molecule has 0 aliphatic carbocycles. The van der Waals surface area contributed by atoms with Gasteiger partial charge < -0.3 is 14.2 Å². The van der Waals surface area contributed by atoms with Gasteiger partial charge in [-0.2, -0.15) is 0 Å². The van der Waals surface area contributed by atoms with Crippen molar-refractivity contribution < 1.29 is 19.0 Å². The van der Waals surface area contributed by atoms with Gasteiger partial charge in [-0.25, -0.2) is 9.79 Å². The topological polar surface area (TPSA) is 79.1 Å². The number of carbonyl (C=O) groups excluding carboxylic acids is 1. The van der Waals surface area contributed by atoms with Gasteiger partial charge in [-0.1, -0.05) is 46.7 Å². The van der Waals surface area contributed by atoms with Crippen LogP contribution in [0.2, 0.25) is 10.0 Å². The van der Waals surface area contributed by atoms with E-state index in [1.807, 2.05) is 19.1 Å². The van der Waals surface area contributed by atoms with Crippen molar-refractivity contribution in [2.24, 2.45) is 4.99 Å². The Kier molecular flexibility index (Phi) is 6.21. The number of halogens is 2. The summed E-state index contributed by atoms with van der Waals surface area (Å²) in [6.45, 7) is 5.72. The van der Waals surface area contributed by atoms with Crippen LogP contribution in [0.3, 0.4) is 0 Å². The van der Waals surface area contributed by atoms with Crippen LogP contribution in [0.15, 0.2) is 51.4 Å². The van der Waals surface area contributed by atoms with Crippen LogP contribution in [0.25, 0.3) is 6.08 Å². The van der Waals surface area contributed by atoms with Crippen LogP contribution >= 0.6 is 34.5 Å². The quantitative estimate of drug-likeness (QED) is 0.473. The van der Waals surface area contributed by atoms with Crippen LogP contribution in [0.5, 0.6) is 11.5 Å². The molecule has 0 spiro atoms. The van der Waals surface area contributed by atoms with Crippen LogP contribution in [0.1, 0.15) is 36.6 Å². The summed E-state index contributed by atoms with van der Waals surface area (Å²) in [5.74, 6) is 0.737. The molecule has 35 heavy (non-hydrogen) atoms. The number of aromatic nitrogens is 1. The SMILES string of the molecule is CCOC(=O)C1=C(C)N=c2s/c(=C\c3cc4c(cc3C)OCO4)c(=O)n2[C@@H]1c1cccc(Cl)c1Cl. The third-order valence-corrected chi connectivity index (χ3v) is 7.66. The maximum Gasteiger partial charge on any atom is 0.338 e. The Hall–Kier alpha value is -3.07. The Balaban J connectivity index is 1.75. The largest absolute Gasteiger partial charge is 0.463 e. The zero-order chi connectivity index (χ0) is 24.9. The van der Waals surface area contributed by atoms with Gasteiger partial charge in [0.05, 0.1) is 32.5 Å². The fourth-order valence-corrected chi connectivity index (χ4v) is 5.62. The molecule has 0 fully saturated rings. The number of rotatable bonds is 4. The van der Waals surface area contributed by atoms with E-state index in [1.165, 1.54) is 15.9 Å². The van der Waals surface area contributed by atoms with E-state index < -0.39 is 12.0 Å². The molecule has 0 saturated heterocycles. The summed E-state index contributed by atoms with van der Waals surface area (Å²) in [5.41, 5.74) is 2.66. The van der Waals surface area contributed by atoms with Crippen molar-refractivity contribution in [3.63, 3.8) is 0 Å². The molecule has 2 aliphatic rings. The molecule has 180 valence electrons. The minimum Gasteiger partial charge on any atom is -0.463 e. The molecule has 7 nitrogen and oxygen atoms in total. The van der Waals surface area contributed by atoms with Gasteiger partial charge in [0.15, 0.2) is 16.3 Å². The minimum atomic E-state index is -0.837. The number of hydrogen-bond donors (Lipinski definition) is 0. The predicted molar refractivity (Wildman–Crippen MR) is 134 cm³/mol. The summed E-state index contributed by atoms with van der Waals surface area (Å²) < 4.78 is 18.2. The van der Waals surface area contributed by atoms with Gasteiger partial charge in [-0.05, 0) is 56.2 Å². The van der Waals surface area contributed by atoms with E-state index in [1.54, 1.807) is 38.1 Å². The van der Waals surface area contributed by atoms with E-state index in [0.717, 1.165) is 11.1 Å². The fraction of sp³-hybridized carbons (Fsp3) is 0.240. The monoisotopic (exact) mass is 530 g/mol. The van der Waals surface area contributed by atoms with E-state index in [2.05, 4.69) is 4.99 Å². The molecule has 2 aromatic carbocycles. The number of thiazole rings is 1. The van der Waals surface area contributed by atoms with Crippen molar-refractivity contribution >= 4 is 46.6 Å². The Morgan fingerprint density at radius 2 is 2.00 bits per heavy atom. The second kappa shape index (κ2) is 9.18. The van der Waals surface area contributed by atoms with Crippen LogP contribution < -0.4 is 24.4 Å². The van der Waals surface area contributed by atoms with Gasteiger partial charge in [-0.15, -0.1) is 0 Å². The first-order valence-electron chi connectivity index (χ1n) is 10.8. The second-order valence-electron chi connectivity index (χ2n) is 8.01. The maximum absolute atomic E-state index is 13.8. The Bertz CT molecular complexity index is 1590. The lowest BCUT2D eigenvalue weighted by molar-refractivity contribution is -0.139. The van der Waals surface area contributed by atoms with E-state index >= 15 is 0 Å².